The van der Waals surface area contributed by atoms with Gasteiger partial charge in [-0.1, -0.05) is 24.1 Å². The van der Waals surface area contributed by atoms with Crippen molar-refractivity contribution in [3.05, 3.63) is 52.0 Å². The predicted octanol–water partition coefficient (Wildman–Crippen LogP) is 3.58. The molecule has 0 saturated carbocycles. The van der Waals surface area contributed by atoms with E-state index >= 15 is 0 Å². The number of aromatic nitrogens is 1. The maximum Gasteiger partial charge on any atom is 0.255 e. The molecule has 32 heavy (non-hydrogen) atoms. The molecule has 4 N–H and O–H groups in total. The molecule has 2 amide bonds. The number of nitrogens with zero attached hydrogens (tertiary/aromatic N) is 1. The first-order valence-corrected chi connectivity index (χ1v) is 11.3. The maximum absolute atomic E-state index is 12.6. The van der Waals surface area contributed by atoms with E-state index in [0.29, 0.717) is 34.0 Å². The highest BCUT2D eigenvalue weighted by Crippen LogP contribution is 2.40. The maximum atomic E-state index is 12.6. The van der Waals surface area contributed by atoms with Crippen molar-refractivity contribution < 1.29 is 14.3 Å². The predicted molar refractivity (Wildman–Crippen MR) is 124 cm³/mol. The lowest BCUT2D eigenvalue weighted by Crippen LogP contribution is -2.28. The molecule has 2 aliphatic heterocycles. The lowest BCUT2D eigenvalue weighted by Gasteiger charge is -2.26. The second kappa shape index (κ2) is 8.48. The van der Waals surface area contributed by atoms with Gasteiger partial charge in [0, 0.05) is 40.8 Å². The molecular weight excluding hydrogens is 428 g/mol. The topological polar surface area (TPSA) is 100 Å². The van der Waals surface area contributed by atoms with Gasteiger partial charge in [0.15, 0.2) is 6.61 Å². The average molecular weight is 453 g/mol. The molecule has 1 fully saturated rings. The van der Waals surface area contributed by atoms with Gasteiger partial charge in [0.2, 0.25) is 0 Å². The number of fused-ring (bicyclic) bond motifs is 2. The first kappa shape index (κ1) is 20.8. The molecule has 166 valence electrons. The highest BCUT2D eigenvalue weighted by Gasteiger charge is 2.29. The summed E-state index contributed by atoms with van der Waals surface area (Å²) >= 11 is 6.47. The van der Waals surface area contributed by atoms with Crippen LogP contribution in [0.25, 0.3) is 22.2 Å². The number of hydrogen-bond acceptors (Lipinski definition) is 4. The lowest BCUT2D eigenvalue weighted by atomic mass is 9.99. The van der Waals surface area contributed by atoms with Crippen molar-refractivity contribution in [3.63, 3.8) is 0 Å². The smallest absolute Gasteiger partial charge is 0.255 e. The Bertz CT molecular complexity index is 1210. The van der Waals surface area contributed by atoms with Gasteiger partial charge in [0.1, 0.15) is 5.75 Å². The molecule has 7 nitrogen and oxygen atoms in total. The number of nitrogens with one attached hydrogen (secondary N) is 2. The van der Waals surface area contributed by atoms with Gasteiger partial charge in [-0.15, -0.1) is 0 Å². The molecule has 2 aliphatic rings. The first-order chi connectivity index (χ1) is 15.5. The molecule has 3 aromatic rings. The molecule has 5 rings (SSSR count). The number of ether oxygens (including phenoxy) is 1. The van der Waals surface area contributed by atoms with E-state index in [2.05, 4.69) is 33.4 Å². The third kappa shape index (κ3) is 3.94. The Morgan fingerprint density at radius 1 is 1.16 bits per heavy atom. The van der Waals surface area contributed by atoms with Crippen molar-refractivity contribution in [1.82, 2.24) is 15.2 Å². The molecule has 8 heteroatoms. The summed E-state index contributed by atoms with van der Waals surface area (Å²) in [6.45, 7) is 3.27. The zero-order chi connectivity index (χ0) is 22.2. The number of aromatic amines is 1. The molecule has 0 radical (unpaired) electrons. The second-order valence-corrected chi connectivity index (χ2v) is 8.85. The Balaban J connectivity index is 1.52. The van der Waals surface area contributed by atoms with Gasteiger partial charge in [-0.05, 0) is 55.8 Å². The van der Waals surface area contributed by atoms with Crippen molar-refractivity contribution in [2.24, 2.45) is 5.73 Å². The molecule has 0 atom stereocenters. The van der Waals surface area contributed by atoms with E-state index in [0.717, 1.165) is 36.2 Å². The fraction of sp³-hybridized carbons (Fsp3) is 0.333. The van der Waals surface area contributed by atoms with Crippen molar-refractivity contribution in [2.75, 3.05) is 19.7 Å². The summed E-state index contributed by atoms with van der Waals surface area (Å²) in [7, 11) is 0. The summed E-state index contributed by atoms with van der Waals surface area (Å²) < 4.78 is 5.53. The van der Waals surface area contributed by atoms with Crippen molar-refractivity contribution in [3.8, 4) is 17.0 Å². The van der Waals surface area contributed by atoms with Gasteiger partial charge in [0.25, 0.3) is 11.8 Å². The average Bonchev–Trinajstić information content (AvgIpc) is 3.38. The molecule has 0 bridgehead atoms. The van der Waals surface area contributed by atoms with Crippen molar-refractivity contribution in [1.29, 1.82) is 0 Å². The highest BCUT2D eigenvalue weighted by atomic mass is 35.5. The van der Waals surface area contributed by atoms with Crippen LogP contribution >= 0.6 is 11.6 Å². The standard InChI is InChI=1S/C24H25ClN4O3/c25-23-17-11-27-24(31)22(17)16(10-20(23)32-13-21(26)30)19-9-15-8-14(4-5-18(15)28-19)12-29-6-2-1-3-7-29/h4-5,8-10,28H,1-3,6-7,11-13H2,(H2,26,30)(H,27,31). The molecule has 1 saturated heterocycles. The number of hydrogen-bond donors (Lipinski definition) is 3. The van der Waals surface area contributed by atoms with E-state index in [1.54, 1.807) is 6.07 Å². The van der Waals surface area contributed by atoms with Crippen molar-refractivity contribution >= 4 is 34.3 Å². The number of primary amides is 1. The number of nitrogens with two attached hydrogens (primary N) is 1. The van der Waals surface area contributed by atoms with E-state index in [-0.39, 0.29) is 12.5 Å². The van der Waals surface area contributed by atoms with Gasteiger partial charge in [-0.2, -0.15) is 0 Å². The van der Waals surface area contributed by atoms with Crippen LogP contribution in [0.1, 0.15) is 40.7 Å². The number of piperidine rings is 1. The molecular formula is C24H25ClN4O3. The Kier molecular flexibility index (Phi) is 5.53. The third-order valence-corrected chi connectivity index (χ3v) is 6.60. The van der Waals surface area contributed by atoms with Crippen LogP contribution in [-0.2, 0) is 17.9 Å². The number of amides is 2. The lowest BCUT2D eigenvalue weighted by molar-refractivity contribution is -0.119. The first-order valence-electron chi connectivity index (χ1n) is 10.9. The Morgan fingerprint density at radius 2 is 1.97 bits per heavy atom. The normalized spacial score (nSPS) is 16.2. The van der Waals surface area contributed by atoms with Crippen LogP contribution < -0.4 is 15.8 Å². The van der Waals surface area contributed by atoms with Crippen molar-refractivity contribution in [2.45, 2.75) is 32.4 Å². The van der Waals surface area contributed by atoms with Crippen LogP contribution in [0.3, 0.4) is 0 Å². The largest absolute Gasteiger partial charge is 0.482 e. The minimum atomic E-state index is -0.593. The molecule has 2 aromatic carbocycles. The second-order valence-electron chi connectivity index (χ2n) is 8.47. The summed E-state index contributed by atoms with van der Waals surface area (Å²) in [6.07, 6.45) is 3.85. The summed E-state index contributed by atoms with van der Waals surface area (Å²) in [5, 5.41) is 4.23. The van der Waals surface area contributed by atoms with Gasteiger partial charge in [-0.3, -0.25) is 14.5 Å². The third-order valence-electron chi connectivity index (χ3n) is 6.18. The van der Waals surface area contributed by atoms with Crippen LogP contribution in [0, 0.1) is 0 Å². The number of carbonyl (C=O) groups is 2. The van der Waals surface area contributed by atoms with E-state index in [9.17, 15) is 9.59 Å². The number of benzene rings is 2. The SMILES string of the molecule is NC(=O)COc1cc(-c2cc3cc(CN4CCCCC4)ccc3[nH]2)c2c(c1Cl)CNC2=O. The molecule has 1 aromatic heterocycles. The van der Waals surface area contributed by atoms with Gasteiger partial charge in [0.05, 0.1) is 10.6 Å². The zero-order valence-corrected chi connectivity index (χ0v) is 18.4. The molecule has 0 unspecified atom stereocenters. The fourth-order valence-corrected chi connectivity index (χ4v) is 4.91. The minimum Gasteiger partial charge on any atom is -0.482 e. The summed E-state index contributed by atoms with van der Waals surface area (Å²) in [6, 6.07) is 10.2. The van der Waals surface area contributed by atoms with Gasteiger partial charge < -0.3 is 20.8 Å². The Morgan fingerprint density at radius 3 is 2.75 bits per heavy atom. The number of likely N-dealkylation sites (tertiary alicyclic amines) is 1. The molecule has 0 spiro atoms. The number of rotatable bonds is 6. The quantitative estimate of drug-likeness (QED) is 0.532. The van der Waals surface area contributed by atoms with E-state index in [4.69, 9.17) is 22.1 Å². The summed E-state index contributed by atoms with van der Waals surface area (Å²) in [5.41, 5.74) is 10.2. The number of halogens is 1. The number of H-pyrrole nitrogens is 1. The fourth-order valence-electron chi connectivity index (χ4n) is 4.64. The molecule has 3 heterocycles. The van der Waals surface area contributed by atoms with E-state index < -0.39 is 5.91 Å². The summed E-state index contributed by atoms with van der Waals surface area (Å²) in [4.78, 5) is 29.7. The monoisotopic (exact) mass is 452 g/mol. The van der Waals surface area contributed by atoms with Crippen LogP contribution in [0.2, 0.25) is 5.02 Å². The minimum absolute atomic E-state index is 0.178. The molecule has 0 aliphatic carbocycles. The Hall–Kier alpha value is -3.03. The van der Waals surface area contributed by atoms with Crippen LogP contribution in [0.15, 0.2) is 30.3 Å². The van der Waals surface area contributed by atoms with E-state index in [1.807, 2.05) is 6.07 Å². The zero-order valence-electron chi connectivity index (χ0n) is 17.7. The van der Waals surface area contributed by atoms with E-state index in [1.165, 1.54) is 24.8 Å². The summed E-state index contributed by atoms with van der Waals surface area (Å²) in [5.74, 6) is -0.438. The van der Waals surface area contributed by atoms with Crippen LogP contribution in [-0.4, -0.2) is 41.4 Å². The van der Waals surface area contributed by atoms with Gasteiger partial charge >= 0.3 is 0 Å². The van der Waals surface area contributed by atoms with Crippen LogP contribution in [0.5, 0.6) is 5.75 Å². The number of carbonyl (C=O) groups excluding carboxylic acids is 2. The Labute approximate surface area is 190 Å². The van der Waals surface area contributed by atoms with Crippen LogP contribution in [0.4, 0.5) is 0 Å². The highest BCUT2D eigenvalue weighted by molar-refractivity contribution is 6.34. The van der Waals surface area contributed by atoms with Gasteiger partial charge in [-0.25, -0.2) is 0 Å².